The van der Waals surface area contributed by atoms with Gasteiger partial charge in [0.1, 0.15) is 11.3 Å². The van der Waals surface area contributed by atoms with Gasteiger partial charge in [0, 0.05) is 17.4 Å². The maximum absolute atomic E-state index is 6.29. The SMILES string of the molecule is C/C=C(\C)c1nc2ccccc2c2oc(CC(C)C)c(C)c12. The van der Waals surface area contributed by atoms with E-state index in [0.717, 1.165) is 34.4 Å². The first kappa shape index (κ1) is 14.8. The molecule has 0 aliphatic rings. The minimum Gasteiger partial charge on any atom is -0.460 e. The van der Waals surface area contributed by atoms with Crippen molar-refractivity contribution < 1.29 is 4.42 Å². The zero-order valence-electron chi connectivity index (χ0n) is 14.0. The van der Waals surface area contributed by atoms with Gasteiger partial charge in [0.05, 0.1) is 16.6 Å². The molecule has 0 radical (unpaired) electrons. The third-order valence-electron chi connectivity index (χ3n) is 4.26. The van der Waals surface area contributed by atoms with E-state index in [4.69, 9.17) is 9.40 Å². The molecule has 2 heterocycles. The van der Waals surface area contributed by atoms with E-state index in [2.05, 4.69) is 52.8 Å². The van der Waals surface area contributed by atoms with Crippen molar-refractivity contribution in [2.24, 2.45) is 5.92 Å². The summed E-state index contributed by atoms with van der Waals surface area (Å²) in [4.78, 5) is 4.90. The Bertz CT molecular complexity index is 868. The predicted octanol–water partition coefficient (Wildman–Crippen LogP) is 5.91. The van der Waals surface area contributed by atoms with Gasteiger partial charge in [0.2, 0.25) is 0 Å². The summed E-state index contributed by atoms with van der Waals surface area (Å²) in [6.07, 6.45) is 3.08. The molecule has 0 spiro atoms. The van der Waals surface area contributed by atoms with E-state index in [1.807, 2.05) is 12.1 Å². The van der Waals surface area contributed by atoms with Crippen molar-refractivity contribution in [2.45, 2.75) is 41.0 Å². The summed E-state index contributed by atoms with van der Waals surface area (Å²) < 4.78 is 6.29. The first-order chi connectivity index (χ1) is 10.5. The van der Waals surface area contributed by atoms with Crippen molar-refractivity contribution in [3.05, 3.63) is 47.4 Å². The van der Waals surface area contributed by atoms with Crippen LogP contribution in [-0.2, 0) is 6.42 Å². The lowest BCUT2D eigenvalue weighted by Gasteiger charge is -2.06. The van der Waals surface area contributed by atoms with Crippen LogP contribution in [0.25, 0.3) is 27.4 Å². The molecule has 0 amide bonds. The Kier molecular flexibility index (Phi) is 3.78. The molecule has 2 nitrogen and oxygen atoms in total. The van der Waals surface area contributed by atoms with Gasteiger partial charge in [-0.1, -0.05) is 32.1 Å². The number of pyridine rings is 1. The zero-order valence-corrected chi connectivity index (χ0v) is 14.0. The molecule has 22 heavy (non-hydrogen) atoms. The second-order valence-corrected chi connectivity index (χ2v) is 6.40. The Labute approximate surface area is 131 Å². The molecular formula is C20H23NO. The van der Waals surface area contributed by atoms with Crippen LogP contribution in [0.15, 0.2) is 34.8 Å². The van der Waals surface area contributed by atoms with Crippen LogP contribution in [0.1, 0.15) is 44.7 Å². The van der Waals surface area contributed by atoms with Gasteiger partial charge in [-0.05, 0) is 44.4 Å². The standard InChI is InChI=1S/C20H23NO/c1-6-13(4)19-18-14(5)17(11-12(2)3)22-20(18)15-9-7-8-10-16(15)21-19/h6-10,12H,11H2,1-5H3/b13-6+. The van der Waals surface area contributed by atoms with Crippen LogP contribution < -0.4 is 0 Å². The molecule has 3 rings (SSSR count). The van der Waals surface area contributed by atoms with Crippen LogP contribution in [0.3, 0.4) is 0 Å². The predicted molar refractivity (Wildman–Crippen MR) is 94.1 cm³/mol. The summed E-state index contributed by atoms with van der Waals surface area (Å²) in [5, 5.41) is 2.27. The largest absolute Gasteiger partial charge is 0.460 e. The fourth-order valence-corrected chi connectivity index (χ4v) is 2.96. The van der Waals surface area contributed by atoms with Crippen molar-refractivity contribution in [3.8, 4) is 0 Å². The highest BCUT2D eigenvalue weighted by atomic mass is 16.3. The fraction of sp³-hybridized carbons (Fsp3) is 0.350. The molecule has 0 atom stereocenters. The number of rotatable bonds is 3. The number of furan rings is 1. The Morgan fingerprint density at radius 1 is 1.27 bits per heavy atom. The van der Waals surface area contributed by atoms with Gasteiger partial charge in [0.15, 0.2) is 0 Å². The zero-order chi connectivity index (χ0) is 15.9. The molecule has 2 aromatic heterocycles. The average Bonchev–Trinajstić information content (AvgIpc) is 2.82. The highest BCUT2D eigenvalue weighted by molar-refractivity contribution is 6.07. The second kappa shape index (κ2) is 5.60. The smallest absolute Gasteiger partial charge is 0.146 e. The lowest BCUT2D eigenvalue weighted by molar-refractivity contribution is 0.498. The van der Waals surface area contributed by atoms with E-state index < -0.39 is 0 Å². The third-order valence-corrected chi connectivity index (χ3v) is 4.26. The van der Waals surface area contributed by atoms with Gasteiger partial charge >= 0.3 is 0 Å². The summed E-state index contributed by atoms with van der Waals surface area (Å²) in [6, 6.07) is 8.23. The molecule has 0 N–H and O–H groups in total. The monoisotopic (exact) mass is 293 g/mol. The number of aromatic nitrogens is 1. The molecule has 0 fully saturated rings. The summed E-state index contributed by atoms with van der Waals surface area (Å²) in [5.74, 6) is 1.66. The first-order valence-electron chi connectivity index (χ1n) is 7.97. The minimum absolute atomic E-state index is 0.574. The number of hydrogen-bond donors (Lipinski definition) is 0. The number of para-hydroxylation sites is 1. The van der Waals surface area contributed by atoms with Crippen molar-refractivity contribution in [1.82, 2.24) is 4.98 Å². The number of allylic oxidation sites excluding steroid dienone is 2. The number of hydrogen-bond acceptors (Lipinski definition) is 2. The third kappa shape index (κ3) is 2.33. The lowest BCUT2D eigenvalue weighted by atomic mass is 10.0. The van der Waals surface area contributed by atoms with Crippen LogP contribution >= 0.6 is 0 Å². The quantitative estimate of drug-likeness (QED) is 0.600. The van der Waals surface area contributed by atoms with Crippen LogP contribution in [0.2, 0.25) is 0 Å². The van der Waals surface area contributed by atoms with Crippen LogP contribution in [0.4, 0.5) is 0 Å². The van der Waals surface area contributed by atoms with Gasteiger partial charge in [-0.15, -0.1) is 0 Å². The topological polar surface area (TPSA) is 26.0 Å². The Morgan fingerprint density at radius 2 is 2.00 bits per heavy atom. The van der Waals surface area contributed by atoms with E-state index >= 15 is 0 Å². The van der Waals surface area contributed by atoms with Crippen molar-refractivity contribution in [3.63, 3.8) is 0 Å². The maximum atomic E-state index is 6.29. The van der Waals surface area contributed by atoms with E-state index in [9.17, 15) is 0 Å². The van der Waals surface area contributed by atoms with Crippen molar-refractivity contribution in [1.29, 1.82) is 0 Å². The number of fused-ring (bicyclic) bond motifs is 3. The summed E-state index contributed by atoms with van der Waals surface area (Å²) in [5.41, 5.74) is 5.45. The van der Waals surface area contributed by atoms with E-state index in [0.29, 0.717) is 5.92 Å². The minimum atomic E-state index is 0.574. The lowest BCUT2D eigenvalue weighted by Crippen LogP contribution is -1.94. The molecule has 0 aliphatic heterocycles. The summed E-state index contributed by atoms with van der Waals surface area (Å²) >= 11 is 0. The second-order valence-electron chi connectivity index (χ2n) is 6.40. The molecule has 1 aromatic carbocycles. The molecular weight excluding hydrogens is 270 g/mol. The van der Waals surface area contributed by atoms with E-state index in [-0.39, 0.29) is 0 Å². The maximum Gasteiger partial charge on any atom is 0.146 e. The van der Waals surface area contributed by atoms with Crippen molar-refractivity contribution >= 4 is 27.4 Å². The van der Waals surface area contributed by atoms with Gasteiger partial charge in [-0.25, -0.2) is 4.98 Å². The number of nitrogens with zero attached hydrogens (tertiary/aromatic N) is 1. The Balaban J connectivity index is 2.44. The van der Waals surface area contributed by atoms with Crippen LogP contribution in [0.5, 0.6) is 0 Å². The molecule has 0 bridgehead atoms. The molecule has 0 aliphatic carbocycles. The highest BCUT2D eigenvalue weighted by Gasteiger charge is 2.19. The van der Waals surface area contributed by atoms with Crippen molar-refractivity contribution in [2.75, 3.05) is 0 Å². The van der Waals surface area contributed by atoms with Gasteiger partial charge in [0.25, 0.3) is 0 Å². The number of benzene rings is 1. The number of aryl methyl sites for hydroxylation is 1. The molecule has 0 unspecified atom stereocenters. The Hall–Kier alpha value is -2.09. The molecule has 2 heteroatoms. The van der Waals surface area contributed by atoms with Crippen LogP contribution in [0, 0.1) is 12.8 Å². The van der Waals surface area contributed by atoms with Crippen LogP contribution in [-0.4, -0.2) is 4.98 Å². The van der Waals surface area contributed by atoms with Gasteiger partial charge in [-0.3, -0.25) is 0 Å². The fourth-order valence-electron chi connectivity index (χ4n) is 2.96. The Morgan fingerprint density at radius 3 is 2.68 bits per heavy atom. The summed E-state index contributed by atoms with van der Waals surface area (Å²) in [7, 11) is 0. The van der Waals surface area contributed by atoms with Gasteiger partial charge in [-0.2, -0.15) is 0 Å². The molecule has 114 valence electrons. The molecule has 0 saturated carbocycles. The normalized spacial score (nSPS) is 12.7. The summed E-state index contributed by atoms with van der Waals surface area (Å²) in [6.45, 7) is 10.8. The van der Waals surface area contributed by atoms with E-state index in [1.165, 1.54) is 16.5 Å². The highest BCUT2D eigenvalue weighted by Crippen LogP contribution is 2.36. The molecule has 3 aromatic rings. The van der Waals surface area contributed by atoms with E-state index in [1.54, 1.807) is 0 Å². The molecule has 0 saturated heterocycles. The first-order valence-corrected chi connectivity index (χ1v) is 7.97. The van der Waals surface area contributed by atoms with Gasteiger partial charge < -0.3 is 4.42 Å². The average molecular weight is 293 g/mol.